The SMILES string of the molecule is CCNC(=NCc1nccn1CCc1ccccc1)N(C)Cc1cccn1C.I. The largest absolute Gasteiger partial charge is 0.357 e. The quantitative estimate of drug-likeness (QED) is 0.288. The van der Waals surface area contributed by atoms with Crippen molar-refractivity contribution in [3.05, 3.63) is 78.1 Å². The molecule has 156 valence electrons. The van der Waals surface area contributed by atoms with Crippen molar-refractivity contribution >= 4 is 29.9 Å². The lowest BCUT2D eigenvalue weighted by atomic mass is 10.1. The van der Waals surface area contributed by atoms with E-state index in [1.165, 1.54) is 11.3 Å². The molecule has 0 aliphatic rings. The monoisotopic (exact) mass is 506 g/mol. The van der Waals surface area contributed by atoms with Crippen molar-refractivity contribution in [3.63, 3.8) is 0 Å². The molecule has 0 unspecified atom stereocenters. The lowest BCUT2D eigenvalue weighted by Crippen LogP contribution is -2.38. The zero-order chi connectivity index (χ0) is 19.8. The molecule has 6 nitrogen and oxygen atoms in total. The van der Waals surface area contributed by atoms with Crippen LogP contribution in [0.3, 0.4) is 0 Å². The number of aromatic nitrogens is 3. The second-order valence-corrected chi connectivity index (χ2v) is 6.91. The van der Waals surface area contributed by atoms with E-state index in [2.05, 4.69) is 94.0 Å². The van der Waals surface area contributed by atoms with Crippen LogP contribution in [-0.4, -0.2) is 38.6 Å². The third-order valence-electron chi connectivity index (χ3n) is 4.80. The first kappa shape index (κ1) is 23.0. The first-order valence-corrected chi connectivity index (χ1v) is 9.81. The summed E-state index contributed by atoms with van der Waals surface area (Å²) in [7, 11) is 4.13. The van der Waals surface area contributed by atoms with Crippen LogP contribution >= 0.6 is 24.0 Å². The first-order chi connectivity index (χ1) is 13.7. The van der Waals surface area contributed by atoms with Crippen LogP contribution < -0.4 is 5.32 Å². The van der Waals surface area contributed by atoms with Crippen LogP contribution in [0.15, 0.2) is 66.0 Å². The summed E-state index contributed by atoms with van der Waals surface area (Å²) >= 11 is 0. The van der Waals surface area contributed by atoms with Gasteiger partial charge >= 0.3 is 0 Å². The normalized spacial score (nSPS) is 11.2. The molecule has 3 aromatic rings. The van der Waals surface area contributed by atoms with E-state index in [4.69, 9.17) is 4.99 Å². The van der Waals surface area contributed by atoms with Crippen molar-refractivity contribution < 1.29 is 0 Å². The van der Waals surface area contributed by atoms with E-state index in [1.54, 1.807) is 0 Å². The van der Waals surface area contributed by atoms with Gasteiger partial charge in [0.15, 0.2) is 5.96 Å². The summed E-state index contributed by atoms with van der Waals surface area (Å²) in [5.41, 5.74) is 2.58. The fraction of sp³-hybridized carbons (Fsp3) is 0.364. The minimum atomic E-state index is 0. The number of guanidine groups is 1. The Hall–Kier alpha value is -2.29. The molecular formula is C22H31IN6. The Labute approximate surface area is 190 Å². The van der Waals surface area contributed by atoms with Crippen molar-refractivity contribution in [2.75, 3.05) is 13.6 Å². The third kappa shape index (κ3) is 6.62. The molecule has 29 heavy (non-hydrogen) atoms. The Kier molecular flexibility index (Phi) is 9.24. The van der Waals surface area contributed by atoms with E-state index in [0.717, 1.165) is 37.8 Å². The van der Waals surface area contributed by atoms with Crippen molar-refractivity contribution in [3.8, 4) is 0 Å². The van der Waals surface area contributed by atoms with Crippen molar-refractivity contribution in [2.45, 2.75) is 33.0 Å². The van der Waals surface area contributed by atoms with Crippen LogP contribution in [0.25, 0.3) is 0 Å². The van der Waals surface area contributed by atoms with Gasteiger partial charge in [-0.05, 0) is 31.0 Å². The van der Waals surface area contributed by atoms with Gasteiger partial charge in [-0.3, -0.25) is 0 Å². The van der Waals surface area contributed by atoms with Crippen molar-refractivity contribution in [1.29, 1.82) is 0 Å². The van der Waals surface area contributed by atoms with E-state index in [0.29, 0.717) is 6.54 Å². The van der Waals surface area contributed by atoms with Crippen LogP contribution in [-0.2, 0) is 33.1 Å². The molecule has 0 bridgehead atoms. The lowest BCUT2D eigenvalue weighted by molar-refractivity contribution is 0.461. The summed E-state index contributed by atoms with van der Waals surface area (Å²) < 4.78 is 4.33. The van der Waals surface area contributed by atoms with Gasteiger partial charge in [0.1, 0.15) is 12.4 Å². The number of rotatable bonds is 8. The number of hydrogen-bond acceptors (Lipinski definition) is 2. The Balaban J connectivity index is 0.00000300. The molecule has 1 N–H and O–H groups in total. The number of halogens is 1. The van der Waals surface area contributed by atoms with Crippen molar-refractivity contribution in [2.24, 2.45) is 12.0 Å². The molecule has 0 atom stereocenters. The molecule has 0 aliphatic heterocycles. The highest BCUT2D eigenvalue weighted by molar-refractivity contribution is 14.0. The number of hydrogen-bond donors (Lipinski definition) is 1. The molecule has 0 amide bonds. The predicted octanol–water partition coefficient (Wildman–Crippen LogP) is 3.68. The number of aliphatic imine (C=N–C) groups is 1. The zero-order valence-corrected chi connectivity index (χ0v) is 19.8. The average molecular weight is 506 g/mol. The first-order valence-electron chi connectivity index (χ1n) is 9.81. The second kappa shape index (κ2) is 11.6. The second-order valence-electron chi connectivity index (χ2n) is 6.91. The maximum absolute atomic E-state index is 4.82. The van der Waals surface area contributed by atoms with Crippen LogP contribution in [0.2, 0.25) is 0 Å². The Morgan fingerprint density at radius 2 is 1.93 bits per heavy atom. The highest BCUT2D eigenvalue weighted by Gasteiger charge is 2.09. The number of aryl methyl sites for hydroxylation is 3. The zero-order valence-electron chi connectivity index (χ0n) is 17.5. The summed E-state index contributed by atoms with van der Waals surface area (Å²) in [6.07, 6.45) is 6.95. The fourth-order valence-corrected chi connectivity index (χ4v) is 3.18. The van der Waals surface area contributed by atoms with Gasteiger partial charge in [0.05, 0.1) is 6.54 Å². The standard InChI is InChI=1S/C22H30N6.HI/c1-4-23-22(27(3)18-20-11-8-14-26(20)2)25-17-21-24-13-16-28(21)15-12-19-9-6-5-7-10-19;/h5-11,13-14,16H,4,12,15,17-18H2,1-3H3,(H,23,25);1H. The summed E-state index contributed by atoms with van der Waals surface area (Å²) in [5.74, 6) is 1.87. The van der Waals surface area contributed by atoms with Crippen LogP contribution in [0.5, 0.6) is 0 Å². The van der Waals surface area contributed by atoms with Gasteiger partial charge in [0.25, 0.3) is 0 Å². The molecule has 2 heterocycles. The molecule has 3 rings (SSSR count). The van der Waals surface area contributed by atoms with Gasteiger partial charge in [0.2, 0.25) is 0 Å². The lowest BCUT2D eigenvalue weighted by Gasteiger charge is -2.22. The minimum Gasteiger partial charge on any atom is -0.357 e. The molecular weight excluding hydrogens is 475 g/mol. The number of benzene rings is 1. The molecule has 0 aliphatic carbocycles. The average Bonchev–Trinajstić information content (AvgIpc) is 3.33. The predicted molar refractivity (Wildman–Crippen MR) is 129 cm³/mol. The number of nitrogens with one attached hydrogen (secondary N) is 1. The molecule has 7 heteroatoms. The van der Waals surface area contributed by atoms with E-state index in [9.17, 15) is 0 Å². The molecule has 2 aromatic heterocycles. The van der Waals surface area contributed by atoms with E-state index >= 15 is 0 Å². The molecule has 0 fully saturated rings. The molecule has 1 aromatic carbocycles. The van der Waals surface area contributed by atoms with Crippen molar-refractivity contribution in [1.82, 2.24) is 24.3 Å². The van der Waals surface area contributed by atoms with Gasteiger partial charge in [-0.25, -0.2) is 9.98 Å². The van der Waals surface area contributed by atoms with E-state index in [1.807, 2.05) is 12.4 Å². The maximum Gasteiger partial charge on any atom is 0.194 e. The fourth-order valence-electron chi connectivity index (χ4n) is 3.18. The van der Waals surface area contributed by atoms with E-state index < -0.39 is 0 Å². The summed E-state index contributed by atoms with van der Waals surface area (Å²) in [5, 5.41) is 3.38. The van der Waals surface area contributed by atoms with Crippen LogP contribution in [0.4, 0.5) is 0 Å². The highest BCUT2D eigenvalue weighted by Crippen LogP contribution is 2.07. The topological polar surface area (TPSA) is 50.4 Å². The van der Waals surface area contributed by atoms with Gasteiger partial charge in [0, 0.05) is 51.5 Å². The van der Waals surface area contributed by atoms with Gasteiger partial charge in [-0.2, -0.15) is 0 Å². The van der Waals surface area contributed by atoms with Crippen LogP contribution in [0, 0.1) is 0 Å². The Morgan fingerprint density at radius 3 is 2.62 bits per heavy atom. The molecule has 0 saturated heterocycles. The third-order valence-corrected chi connectivity index (χ3v) is 4.80. The summed E-state index contributed by atoms with van der Waals surface area (Å²) in [6, 6.07) is 14.7. The van der Waals surface area contributed by atoms with Gasteiger partial charge in [-0.1, -0.05) is 30.3 Å². The van der Waals surface area contributed by atoms with E-state index in [-0.39, 0.29) is 24.0 Å². The molecule has 0 radical (unpaired) electrons. The molecule has 0 spiro atoms. The minimum absolute atomic E-state index is 0. The summed E-state index contributed by atoms with van der Waals surface area (Å²) in [4.78, 5) is 11.5. The summed E-state index contributed by atoms with van der Waals surface area (Å²) in [6.45, 7) is 5.19. The van der Waals surface area contributed by atoms with Crippen LogP contribution in [0.1, 0.15) is 24.0 Å². The Bertz CT molecular complexity index is 884. The Morgan fingerprint density at radius 1 is 1.14 bits per heavy atom. The van der Waals surface area contributed by atoms with Gasteiger partial charge in [-0.15, -0.1) is 24.0 Å². The smallest absolute Gasteiger partial charge is 0.194 e. The van der Waals surface area contributed by atoms with Gasteiger partial charge < -0.3 is 19.4 Å². The molecule has 0 saturated carbocycles. The highest BCUT2D eigenvalue weighted by atomic mass is 127. The maximum atomic E-state index is 4.82. The number of nitrogens with zero attached hydrogens (tertiary/aromatic N) is 5. The number of imidazole rings is 1.